The van der Waals surface area contributed by atoms with Crippen molar-refractivity contribution >= 4 is 17.9 Å². The predicted molar refractivity (Wildman–Crippen MR) is 297 cm³/mol. The Bertz CT molecular complexity index is 1330. The molecule has 1 atom stereocenters. The lowest BCUT2D eigenvalue weighted by atomic mass is 10.0. The van der Waals surface area contributed by atoms with E-state index in [0.717, 1.165) is 116 Å². The number of esters is 3. The quantitative estimate of drug-likeness (QED) is 0.0262. The van der Waals surface area contributed by atoms with Crippen LogP contribution in [-0.4, -0.2) is 37.2 Å². The molecule has 1 unspecified atom stereocenters. The molecule has 0 aromatic carbocycles. The van der Waals surface area contributed by atoms with Crippen LogP contribution in [0, 0.1) is 0 Å². The van der Waals surface area contributed by atoms with E-state index in [-0.39, 0.29) is 31.1 Å². The lowest BCUT2D eigenvalue weighted by Crippen LogP contribution is -2.30. The molecule has 0 saturated carbocycles. The molecule has 0 aromatic rings. The van der Waals surface area contributed by atoms with Crippen molar-refractivity contribution < 1.29 is 28.6 Å². The zero-order valence-corrected chi connectivity index (χ0v) is 45.3. The highest BCUT2D eigenvalue weighted by Crippen LogP contribution is 2.16. The molecule has 0 bridgehead atoms. The summed E-state index contributed by atoms with van der Waals surface area (Å²) < 4.78 is 16.7. The van der Waals surface area contributed by atoms with Gasteiger partial charge in [-0.3, -0.25) is 14.4 Å². The summed E-state index contributed by atoms with van der Waals surface area (Å²) in [5.74, 6) is -0.925. The van der Waals surface area contributed by atoms with Crippen LogP contribution in [0.25, 0.3) is 0 Å². The van der Waals surface area contributed by atoms with Crippen LogP contribution in [0.15, 0.2) is 85.1 Å². The van der Waals surface area contributed by atoms with Gasteiger partial charge in [0.1, 0.15) is 13.2 Å². The minimum Gasteiger partial charge on any atom is -0.462 e. The predicted octanol–water partition coefficient (Wildman–Crippen LogP) is 19.5. The summed E-state index contributed by atoms with van der Waals surface area (Å²) in [7, 11) is 0. The molecule has 0 aliphatic rings. The molecule has 0 spiro atoms. The fourth-order valence-electron chi connectivity index (χ4n) is 8.10. The molecule has 0 amide bonds. The van der Waals surface area contributed by atoms with E-state index >= 15 is 0 Å². The Morgan fingerprint density at radius 2 is 0.565 bits per heavy atom. The molecule has 0 rings (SSSR count). The third-order valence-corrected chi connectivity index (χ3v) is 12.4. The summed E-state index contributed by atoms with van der Waals surface area (Å²) in [4.78, 5) is 37.7. The van der Waals surface area contributed by atoms with Gasteiger partial charge in [0.05, 0.1) is 0 Å². The van der Waals surface area contributed by atoms with Crippen molar-refractivity contribution in [3.63, 3.8) is 0 Å². The van der Waals surface area contributed by atoms with Crippen LogP contribution in [0.2, 0.25) is 0 Å². The molecule has 0 fully saturated rings. The van der Waals surface area contributed by atoms with E-state index in [1.54, 1.807) is 0 Å². The Morgan fingerprint density at radius 1 is 0.304 bits per heavy atom. The van der Waals surface area contributed by atoms with Crippen molar-refractivity contribution in [2.24, 2.45) is 0 Å². The van der Waals surface area contributed by atoms with Crippen LogP contribution in [0.3, 0.4) is 0 Å². The third kappa shape index (κ3) is 55.4. The molecular weight excluding hydrogens is 853 g/mol. The summed E-state index contributed by atoms with van der Waals surface area (Å²) in [6.45, 7) is 6.31. The maximum absolute atomic E-state index is 12.7. The number of carbonyl (C=O) groups excluding carboxylic acids is 3. The number of carbonyl (C=O) groups is 3. The van der Waals surface area contributed by atoms with Crippen molar-refractivity contribution in [2.45, 2.75) is 284 Å². The highest BCUT2D eigenvalue weighted by molar-refractivity contribution is 5.71. The van der Waals surface area contributed by atoms with E-state index < -0.39 is 6.10 Å². The molecule has 0 N–H and O–H groups in total. The average Bonchev–Trinajstić information content (AvgIpc) is 3.35. The maximum Gasteiger partial charge on any atom is 0.306 e. The maximum atomic E-state index is 12.7. The van der Waals surface area contributed by atoms with Crippen LogP contribution < -0.4 is 0 Å². The van der Waals surface area contributed by atoms with Gasteiger partial charge in [-0.05, 0) is 89.9 Å². The van der Waals surface area contributed by atoms with E-state index in [1.165, 1.54) is 122 Å². The van der Waals surface area contributed by atoms with Crippen molar-refractivity contribution in [3.05, 3.63) is 85.1 Å². The van der Waals surface area contributed by atoms with Gasteiger partial charge in [0, 0.05) is 19.3 Å². The van der Waals surface area contributed by atoms with E-state index in [4.69, 9.17) is 14.2 Å². The van der Waals surface area contributed by atoms with Gasteiger partial charge in [0.25, 0.3) is 0 Å². The molecule has 0 aliphatic carbocycles. The van der Waals surface area contributed by atoms with Crippen molar-refractivity contribution in [2.75, 3.05) is 13.2 Å². The van der Waals surface area contributed by atoms with Gasteiger partial charge in [-0.2, -0.15) is 0 Å². The molecule has 0 aromatic heterocycles. The van der Waals surface area contributed by atoms with Gasteiger partial charge in [0.2, 0.25) is 0 Å². The van der Waals surface area contributed by atoms with E-state index in [1.807, 2.05) is 0 Å². The molecule has 6 nitrogen and oxygen atoms in total. The second-order valence-electron chi connectivity index (χ2n) is 19.1. The van der Waals surface area contributed by atoms with Crippen molar-refractivity contribution in [1.82, 2.24) is 0 Å². The van der Waals surface area contributed by atoms with E-state index in [0.29, 0.717) is 19.3 Å². The van der Waals surface area contributed by atoms with Gasteiger partial charge < -0.3 is 14.2 Å². The molecule has 0 aliphatic heterocycles. The van der Waals surface area contributed by atoms with Gasteiger partial charge in [-0.1, -0.05) is 254 Å². The Balaban J connectivity index is 3.91. The zero-order chi connectivity index (χ0) is 50.0. The minimum absolute atomic E-state index is 0.0855. The first kappa shape index (κ1) is 65.6. The van der Waals surface area contributed by atoms with Gasteiger partial charge >= 0.3 is 17.9 Å². The molecule has 396 valence electrons. The van der Waals surface area contributed by atoms with Gasteiger partial charge in [-0.15, -0.1) is 0 Å². The van der Waals surface area contributed by atoms with E-state index in [9.17, 15) is 14.4 Å². The normalized spacial score (nSPS) is 12.7. The Morgan fingerprint density at radius 3 is 0.899 bits per heavy atom. The van der Waals surface area contributed by atoms with Crippen LogP contribution >= 0.6 is 0 Å². The Hall–Kier alpha value is -3.41. The summed E-state index contributed by atoms with van der Waals surface area (Å²) in [5, 5.41) is 0. The van der Waals surface area contributed by atoms with Crippen LogP contribution in [0.5, 0.6) is 0 Å². The number of ether oxygens (including phenoxy) is 3. The molecule has 0 saturated heterocycles. The zero-order valence-electron chi connectivity index (χ0n) is 45.3. The molecule has 0 heterocycles. The molecule has 0 radical (unpaired) electrons. The summed E-state index contributed by atoms with van der Waals surface area (Å²) in [5.41, 5.74) is 0. The average molecular weight is 962 g/mol. The van der Waals surface area contributed by atoms with Gasteiger partial charge in [0.15, 0.2) is 6.10 Å². The highest BCUT2D eigenvalue weighted by atomic mass is 16.6. The summed E-state index contributed by atoms with van der Waals surface area (Å²) in [6, 6.07) is 0. The first-order valence-electron chi connectivity index (χ1n) is 29.1. The SMILES string of the molecule is CC/C=C\C/C=C\C/C=C\C/C=C\CCCCCCCCCCCCCCCCCCCCCCC(=O)OCC(COC(=O)CCCCCCC)OC(=O)CCCCC/C=C\C/C=C\C/C=C\CC. The summed E-state index contributed by atoms with van der Waals surface area (Å²) >= 11 is 0. The number of unbranched alkanes of at least 4 members (excludes halogenated alkanes) is 27. The molecular formula is C63H108O6. The first-order chi connectivity index (χ1) is 34.0. The Labute approximate surface area is 426 Å². The second kappa shape index (κ2) is 57.2. The van der Waals surface area contributed by atoms with Crippen LogP contribution in [-0.2, 0) is 28.6 Å². The standard InChI is InChI=1S/C63H108O6/c1-4-7-10-13-15-17-19-21-22-23-24-25-26-27-28-29-30-31-32-33-34-35-36-37-38-39-40-42-43-45-47-50-53-56-62(65)68-59-60(58-67-61(64)55-52-49-12-9-6-3)69-63(66)57-54-51-48-46-44-41-20-18-16-14-11-8-5-2/h7-8,10-11,15-18,21-22,24-25,41,44,60H,4-6,9,12-14,19-20,23,26-40,42-43,45-59H2,1-3H3/b10-7-,11-8-,17-15-,18-16-,22-21-,25-24-,44-41-. The smallest absolute Gasteiger partial charge is 0.306 e. The second-order valence-corrected chi connectivity index (χ2v) is 19.1. The first-order valence-corrected chi connectivity index (χ1v) is 29.1. The van der Waals surface area contributed by atoms with Crippen LogP contribution in [0.4, 0.5) is 0 Å². The largest absolute Gasteiger partial charge is 0.462 e. The fourth-order valence-corrected chi connectivity index (χ4v) is 8.10. The van der Waals surface area contributed by atoms with Crippen molar-refractivity contribution in [3.8, 4) is 0 Å². The third-order valence-electron chi connectivity index (χ3n) is 12.4. The topological polar surface area (TPSA) is 78.9 Å². The number of allylic oxidation sites excluding steroid dienone is 14. The fraction of sp³-hybridized carbons (Fsp3) is 0.730. The minimum atomic E-state index is -0.785. The van der Waals surface area contributed by atoms with Crippen LogP contribution in [0.1, 0.15) is 278 Å². The lowest BCUT2D eigenvalue weighted by molar-refractivity contribution is -0.167. The lowest BCUT2D eigenvalue weighted by Gasteiger charge is -2.18. The van der Waals surface area contributed by atoms with Crippen molar-refractivity contribution in [1.29, 1.82) is 0 Å². The monoisotopic (exact) mass is 961 g/mol. The molecule has 69 heavy (non-hydrogen) atoms. The Kier molecular flexibility index (Phi) is 54.3. The summed E-state index contributed by atoms with van der Waals surface area (Å²) in [6.07, 6.45) is 75.1. The van der Waals surface area contributed by atoms with E-state index in [2.05, 4.69) is 106 Å². The number of hydrogen-bond acceptors (Lipinski definition) is 6. The molecule has 6 heteroatoms. The number of rotatable bonds is 52. The van der Waals surface area contributed by atoms with Gasteiger partial charge in [-0.25, -0.2) is 0 Å². The number of hydrogen-bond donors (Lipinski definition) is 0. The highest BCUT2D eigenvalue weighted by Gasteiger charge is 2.19.